The van der Waals surface area contributed by atoms with Crippen LogP contribution in [0.3, 0.4) is 0 Å². The zero-order valence-electron chi connectivity index (χ0n) is 18.2. The van der Waals surface area contributed by atoms with E-state index in [-0.39, 0.29) is 17.1 Å². The van der Waals surface area contributed by atoms with E-state index in [1.165, 1.54) is 0 Å². The van der Waals surface area contributed by atoms with Crippen molar-refractivity contribution >= 4 is 36.2 Å². The van der Waals surface area contributed by atoms with Crippen molar-refractivity contribution in [2.75, 3.05) is 5.32 Å². The van der Waals surface area contributed by atoms with Crippen LogP contribution in [-0.2, 0) is 8.85 Å². The lowest BCUT2D eigenvalue weighted by molar-refractivity contribution is -0.0834. The number of aromatic nitrogens is 1. The molecular weight excluding hydrogens is 392 g/mol. The van der Waals surface area contributed by atoms with Crippen molar-refractivity contribution in [2.24, 2.45) is 0 Å². The van der Waals surface area contributed by atoms with Gasteiger partial charge in [-0.2, -0.15) is 0 Å². The first kappa shape index (κ1) is 20.7. The molecule has 3 aromatic rings. The van der Waals surface area contributed by atoms with Gasteiger partial charge in [-0.25, -0.2) is 0 Å². The number of amides is 1. The van der Waals surface area contributed by atoms with E-state index in [9.17, 15) is 4.79 Å². The molecule has 0 aliphatic carbocycles. The minimum atomic E-state index is -2.84. The average Bonchev–Trinajstić information content (AvgIpc) is 2.65. The number of fused-ring (bicyclic) bond motifs is 1. The molecule has 4 rings (SSSR count). The van der Waals surface area contributed by atoms with Crippen LogP contribution in [0.2, 0.25) is 6.55 Å². The second-order valence-electron chi connectivity index (χ2n) is 9.23. The summed E-state index contributed by atoms with van der Waals surface area (Å²) >= 11 is 0. The van der Waals surface area contributed by atoms with Gasteiger partial charge in [0.05, 0.1) is 22.4 Å². The Morgan fingerprint density at radius 1 is 0.967 bits per heavy atom. The molecule has 0 saturated carbocycles. The highest BCUT2D eigenvalue weighted by Gasteiger charge is 2.51. The number of carbonyl (C=O) groups excluding carboxylic acids is 1. The third-order valence-corrected chi connectivity index (χ3v) is 8.63. The highest BCUT2D eigenvalue weighted by atomic mass is 28.4. The predicted molar refractivity (Wildman–Crippen MR) is 122 cm³/mol. The summed E-state index contributed by atoms with van der Waals surface area (Å²) in [6.45, 7) is 10.4. The van der Waals surface area contributed by atoms with Crippen LogP contribution in [0, 0.1) is 0 Å². The Labute approximate surface area is 178 Å². The summed E-state index contributed by atoms with van der Waals surface area (Å²) in [6.07, 6.45) is 2.52. The molecule has 1 aliphatic heterocycles. The van der Waals surface area contributed by atoms with E-state index in [1.807, 2.05) is 61.1 Å². The normalized spacial score (nSPS) is 19.4. The van der Waals surface area contributed by atoms with Crippen LogP contribution in [0.5, 0.6) is 0 Å². The number of nitrogens with one attached hydrogen (secondary N) is 1. The lowest BCUT2D eigenvalue weighted by atomic mass is 9.93. The maximum atomic E-state index is 13.4. The van der Waals surface area contributed by atoms with Crippen molar-refractivity contribution in [3.8, 4) is 0 Å². The van der Waals surface area contributed by atoms with E-state index in [0.29, 0.717) is 11.3 Å². The van der Waals surface area contributed by atoms with Crippen LogP contribution in [0.4, 0.5) is 5.69 Å². The van der Waals surface area contributed by atoms with E-state index in [4.69, 9.17) is 8.85 Å². The Bertz CT molecular complexity index is 1090. The fourth-order valence-electron chi connectivity index (χ4n) is 4.75. The van der Waals surface area contributed by atoms with Gasteiger partial charge in [-0.1, -0.05) is 36.4 Å². The monoisotopic (exact) mass is 420 g/mol. The molecule has 0 unspecified atom stereocenters. The summed E-state index contributed by atoms with van der Waals surface area (Å²) in [5, 5.41) is 4.87. The maximum Gasteiger partial charge on any atom is 0.370 e. The molecule has 1 fully saturated rings. The van der Waals surface area contributed by atoms with Crippen molar-refractivity contribution in [2.45, 2.75) is 51.9 Å². The highest BCUT2D eigenvalue weighted by molar-refractivity contribution is 6.81. The van der Waals surface area contributed by atoms with Gasteiger partial charge in [-0.15, -0.1) is 0 Å². The molecule has 1 N–H and O–H groups in total. The number of hydrogen-bond acceptors (Lipinski definition) is 4. The molecule has 1 aliphatic rings. The first-order valence-corrected chi connectivity index (χ1v) is 12.6. The zero-order valence-corrected chi connectivity index (χ0v) is 19.2. The number of para-hydroxylation sites is 1. The quantitative estimate of drug-likeness (QED) is 0.621. The van der Waals surface area contributed by atoms with Crippen molar-refractivity contribution < 1.29 is 13.6 Å². The molecule has 0 bridgehead atoms. The molecule has 30 heavy (non-hydrogen) atoms. The van der Waals surface area contributed by atoms with Gasteiger partial charge < -0.3 is 14.2 Å². The molecule has 0 spiro atoms. The number of nitrogens with zero attached hydrogens (tertiary/aromatic N) is 1. The average molecular weight is 421 g/mol. The van der Waals surface area contributed by atoms with E-state index >= 15 is 0 Å². The second-order valence-corrected chi connectivity index (χ2v) is 12.1. The van der Waals surface area contributed by atoms with Crippen molar-refractivity contribution in [1.29, 1.82) is 0 Å². The molecule has 156 valence electrons. The Balaban J connectivity index is 1.72. The zero-order chi connectivity index (χ0) is 21.6. The molecule has 0 radical (unpaired) electrons. The number of anilines is 1. The van der Waals surface area contributed by atoms with E-state index in [0.717, 1.165) is 22.5 Å². The van der Waals surface area contributed by atoms with Crippen molar-refractivity contribution in [1.82, 2.24) is 4.98 Å². The van der Waals surface area contributed by atoms with Gasteiger partial charge in [0.25, 0.3) is 5.91 Å². The lowest BCUT2D eigenvalue weighted by Crippen LogP contribution is -2.65. The van der Waals surface area contributed by atoms with Crippen LogP contribution < -0.4 is 10.5 Å². The fourth-order valence-corrected chi connectivity index (χ4v) is 8.35. The largest absolute Gasteiger partial charge is 0.386 e. The van der Waals surface area contributed by atoms with Gasteiger partial charge >= 0.3 is 8.56 Å². The first-order chi connectivity index (χ1) is 14.1. The number of hydrogen-bond donors (Lipinski definition) is 1. The van der Waals surface area contributed by atoms with Gasteiger partial charge in [0.1, 0.15) is 0 Å². The van der Waals surface area contributed by atoms with Crippen LogP contribution in [0.1, 0.15) is 44.5 Å². The topological polar surface area (TPSA) is 60.5 Å². The third-order valence-electron chi connectivity index (χ3n) is 5.34. The van der Waals surface area contributed by atoms with Crippen LogP contribution in [-0.4, -0.2) is 30.7 Å². The molecule has 2 aromatic carbocycles. The summed E-state index contributed by atoms with van der Waals surface area (Å²) in [4.78, 5) is 17.8. The van der Waals surface area contributed by atoms with Gasteiger partial charge in [-0.3, -0.25) is 9.78 Å². The molecule has 0 atom stereocenters. The first-order valence-electron chi connectivity index (χ1n) is 10.2. The third kappa shape index (κ3) is 4.03. The van der Waals surface area contributed by atoms with Crippen LogP contribution in [0.25, 0.3) is 10.9 Å². The highest BCUT2D eigenvalue weighted by Crippen LogP contribution is 2.37. The molecule has 1 saturated heterocycles. The van der Waals surface area contributed by atoms with Gasteiger partial charge in [0.2, 0.25) is 0 Å². The Morgan fingerprint density at radius 3 is 2.37 bits per heavy atom. The summed E-state index contributed by atoms with van der Waals surface area (Å²) in [5.74, 6) is -0.189. The molecule has 2 heterocycles. The molecule has 5 nitrogen and oxygen atoms in total. The molecular formula is C24H28N2O3Si. The Kier molecular flexibility index (Phi) is 5.04. The minimum Gasteiger partial charge on any atom is -0.386 e. The summed E-state index contributed by atoms with van der Waals surface area (Å²) in [6, 6.07) is 17.2. The van der Waals surface area contributed by atoms with Crippen LogP contribution >= 0.6 is 0 Å². The summed E-state index contributed by atoms with van der Waals surface area (Å²) < 4.78 is 13.0. The predicted octanol–water partition coefficient (Wildman–Crippen LogP) is 4.76. The van der Waals surface area contributed by atoms with E-state index in [1.54, 1.807) is 6.20 Å². The summed E-state index contributed by atoms with van der Waals surface area (Å²) in [7, 11) is -2.84. The lowest BCUT2D eigenvalue weighted by Gasteiger charge is -2.50. The van der Waals surface area contributed by atoms with E-state index in [2.05, 4.69) is 38.0 Å². The van der Waals surface area contributed by atoms with E-state index < -0.39 is 8.56 Å². The SMILES string of the molecule is CC1(C)CC(C)(C)O[Si](C)(c2ccccc2C(=O)Nc2cccc3cccnc23)O1. The number of pyridine rings is 1. The molecule has 1 amide bonds. The second kappa shape index (κ2) is 7.30. The van der Waals surface area contributed by atoms with Gasteiger partial charge in [0, 0.05) is 28.8 Å². The smallest absolute Gasteiger partial charge is 0.370 e. The molecule has 6 heteroatoms. The van der Waals surface area contributed by atoms with Gasteiger partial charge in [-0.05, 0) is 52.4 Å². The van der Waals surface area contributed by atoms with Crippen LogP contribution in [0.15, 0.2) is 60.8 Å². The number of benzene rings is 2. The Hall–Kier alpha value is -2.54. The standard InChI is InChI=1S/C24H28N2O3Si/c1-23(2)16-24(3,4)29-30(5,28-23)20-14-7-6-12-18(20)22(27)26-19-13-8-10-17-11-9-15-25-21(17)19/h6-15H,16H2,1-5H3,(H,26,27). The van der Waals surface area contributed by atoms with Crippen molar-refractivity contribution in [3.63, 3.8) is 0 Å². The summed E-state index contributed by atoms with van der Waals surface area (Å²) in [5.41, 5.74) is 1.37. The Morgan fingerprint density at radius 2 is 1.63 bits per heavy atom. The number of rotatable bonds is 3. The maximum absolute atomic E-state index is 13.4. The fraction of sp³-hybridized carbons (Fsp3) is 0.333. The number of carbonyl (C=O) groups is 1. The van der Waals surface area contributed by atoms with Crippen molar-refractivity contribution in [3.05, 3.63) is 66.4 Å². The minimum absolute atomic E-state index is 0.189. The molecule has 1 aromatic heterocycles. The van der Waals surface area contributed by atoms with Gasteiger partial charge in [0.15, 0.2) is 0 Å².